The van der Waals surface area contributed by atoms with Crippen molar-refractivity contribution in [3.05, 3.63) is 54.6 Å². The van der Waals surface area contributed by atoms with E-state index in [9.17, 15) is 21.6 Å². The zero-order valence-electron chi connectivity index (χ0n) is 15.2. The molecule has 1 aromatic heterocycles. The average Bonchev–Trinajstić information content (AvgIpc) is 3.12. The number of benzene rings is 2. The fraction of sp³-hybridized carbons (Fsp3) is 0.167. The summed E-state index contributed by atoms with van der Waals surface area (Å²) >= 11 is 0. The number of rotatable bonds is 6. The van der Waals surface area contributed by atoms with Crippen molar-refractivity contribution in [3.8, 4) is 34.3 Å². The molecule has 0 unspecified atom stereocenters. The Morgan fingerprint density at radius 2 is 1.48 bits per heavy atom. The van der Waals surface area contributed by atoms with Crippen molar-refractivity contribution in [3.63, 3.8) is 0 Å². The Bertz CT molecular complexity index is 1090. The first kappa shape index (κ1) is 20.5. The van der Waals surface area contributed by atoms with E-state index in [4.69, 9.17) is 9.47 Å². The second-order valence-corrected chi connectivity index (χ2v) is 7.23. The minimum atomic E-state index is -5.74. The first-order chi connectivity index (χ1) is 13.6. The number of nitrogens with zero attached hydrogens (tertiary/aromatic N) is 2. The van der Waals surface area contributed by atoms with Crippen molar-refractivity contribution < 1.29 is 35.2 Å². The zero-order valence-corrected chi connectivity index (χ0v) is 16.0. The molecule has 0 radical (unpaired) electrons. The highest BCUT2D eigenvalue weighted by molar-refractivity contribution is 7.88. The summed E-state index contributed by atoms with van der Waals surface area (Å²) in [6.45, 7) is 0. The van der Waals surface area contributed by atoms with Crippen molar-refractivity contribution in [1.82, 2.24) is 9.78 Å². The maximum atomic E-state index is 12.5. The van der Waals surface area contributed by atoms with Crippen LogP contribution in [0.25, 0.3) is 16.9 Å². The molecule has 0 bridgehead atoms. The fourth-order valence-corrected chi connectivity index (χ4v) is 2.90. The first-order valence-corrected chi connectivity index (χ1v) is 9.45. The summed E-state index contributed by atoms with van der Waals surface area (Å²) in [7, 11) is -2.75. The molecule has 2 aromatic carbocycles. The van der Waals surface area contributed by atoms with E-state index >= 15 is 0 Å². The lowest BCUT2D eigenvalue weighted by atomic mass is 10.1. The second-order valence-electron chi connectivity index (χ2n) is 5.69. The highest BCUT2D eigenvalue weighted by Crippen LogP contribution is 2.31. The fourth-order valence-electron chi connectivity index (χ4n) is 2.44. The molecule has 0 aliphatic heterocycles. The maximum Gasteiger partial charge on any atom is 0.534 e. The van der Waals surface area contributed by atoms with Crippen LogP contribution in [0.2, 0.25) is 0 Å². The van der Waals surface area contributed by atoms with E-state index in [1.165, 1.54) is 19.2 Å². The molecule has 1 heterocycles. The van der Waals surface area contributed by atoms with Crippen LogP contribution in [0, 0.1) is 0 Å². The molecule has 0 amide bonds. The van der Waals surface area contributed by atoms with E-state index in [1.807, 2.05) is 0 Å². The third-order valence-corrected chi connectivity index (χ3v) is 4.83. The molecule has 3 aromatic rings. The maximum absolute atomic E-state index is 12.5. The molecular formula is C18H15F3N2O5S. The van der Waals surface area contributed by atoms with Gasteiger partial charge in [0.15, 0.2) is 0 Å². The molecule has 0 fully saturated rings. The topological polar surface area (TPSA) is 79.7 Å². The minimum absolute atomic E-state index is 0.316. The van der Waals surface area contributed by atoms with Crippen molar-refractivity contribution in [1.29, 1.82) is 0 Å². The predicted octanol–water partition coefficient (Wildman–Crippen LogP) is 3.78. The largest absolute Gasteiger partial charge is 0.534 e. The predicted molar refractivity (Wildman–Crippen MR) is 97.7 cm³/mol. The van der Waals surface area contributed by atoms with E-state index in [0.717, 1.165) is 12.1 Å². The summed E-state index contributed by atoms with van der Waals surface area (Å²) in [5.41, 5.74) is -3.71. The zero-order chi connectivity index (χ0) is 21.2. The van der Waals surface area contributed by atoms with Crippen molar-refractivity contribution >= 4 is 10.1 Å². The first-order valence-electron chi connectivity index (χ1n) is 8.04. The number of halogens is 3. The molecule has 11 heteroatoms. The van der Waals surface area contributed by atoms with Crippen LogP contribution in [0.4, 0.5) is 13.2 Å². The van der Waals surface area contributed by atoms with Crippen molar-refractivity contribution in [2.24, 2.45) is 0 Å². The van der Waals surface area contributed by atoms with E-state index in [-0.39, 0.29) is 0 Å². The lowest BCUT2D eigenvalue weighted by Crippen LogP contribution is -2.28. The van der Waals surface area contributed by atoms with Gasteiger partial charge >= 0.3 is 15.6 Å². The molecule has 154 valence electrons. The number of alkyl halides is 3. The van der Waals surface area contributed by atoms with Crippen molar-refractivity contribution in [2.45, 2.75) is 5.51 Å². The number of aromatic nitrogens is 2. The van der Waals surface area contributed by atoms with Gasteiger partial charge in [-0.3, -0.25) is 0 Å². The number of methoxy groups -OCH3 is 2. The van der Waals surface area contributed by atoms with Crippen LogP contribution in [-0.4, -0.2) is 37.9 Å². The highest BCUT2D eigenvalue weighted by Gasteiger charge is 2.48. The molecule has 0 aliphatic carbocycles. The van der Waals surface area contributed by atoms with Crippen LogP contribution >= 0.6 is 0 Å². The Hall–Kier alpha value is -3.21. The Kier molecular flexibility index (Phi) is 5.42. The molecule has 0 aliphatic rings. The molecule has 0 saturated heterocycles. The van der Waals surface area contributed by atoms with Crippen LogP contribution in [0.1, 0.15) is 0 Å². The highest BCUT2D eigenvalue weighted by atomic mass is 32.2. The molecule has 3 rings (SSSR count). The quantitative estimate of drug-likeness (QED) is 0.439. The number of ether oxygens (including phenoxy) is 2. The average molecular weight is 428 g/mol. The number of hydrogen-bond donors (Lipinski definition) is 0. The molecule has 0 spiro atoms. The molecule has 7 nitrogen and oxygen atoms in total. The van der Waals surface area contributed by atoms with Gasteiger partial charge in [-0.2, -0.15) is 21.6 Å². The molecule has 0 atom stereocenters. The van der Waals surface area contributed by atoms with E-state index < -0.39 is 21.4 Å². The summed E-state index contributed by atoms with van der Waals surface area (Å²) in [6, 6.07) is 13.7. The van der Waals surface area contributed by atoms with Gasteiger partial charge in [0, 0.05) is 11.6 Å². The normalized spacial score (nSPS) is 11.9. The summed E-state index contributed by atoms with van der Waals surface area (Å²) in [5.74, 6) is 0.506. The van der Waals surface area contributed by atoms with Crippen LogP contribution in [0.5, 0.6) is 17.4 Å². The SMILES string of the molecule is COc1ccc(-n2nc(OC)cc2-c2ccc(OS(=O)(=O)C(F)(F)F)cc2)cc1. The lowest BCUT2D eigenvalue weighted by molar-refractivity contribution is -0.0500. The third kappa shape index (κ3) is 4.29. The smallest absolute Gasteiger partial charge is 0.497 e. The standard InChI is InChI=1S/C18H15F3N2O5S/c1-26-14-9-5-13(6-10-14)23-16(11-17(22-23)27-2)12-3-7-15(8-4-12)28-29(24,25)18(19,20)21/h3-11H,1-2H3. The van der Waals surface area contributed by atoms with Gasteiger partial charge in [-0.1, -0.05) is 0 Å². The Morgan fingerprint density at radius 3 is 2.00 bits per heavy atom. The van der Waals surface area contributed by atoms with E-state index in [0.29, 0.717) is 28.6 Å². The summed E-state index contributed by atoms with van der Waals surface area (Å²) < 4.78 is 75.6. The lowest BCUT2D eigenvalue weighted by Gasteiger charge is -2.11. The minimum Gasteiger partial charge on any atom is -0.497 e. The van der Waals surface area contributed by atoms with E-state index in [2.05, 4.69) is 9.28 Å². The Morgan fingerprint density at radius 1 is 0.897 bits per heavy atom. The van der Waals surface area contributed by atoms with Gasteiger partial charge in [-0.05, 0) is 48.5 Å². The third-order valence-electron chi connectivity index (χ3n) is 3.85. The van der Waals surface area contributed by atoms with E-state index in [1.54, 1.807) is 42.1 Å². The summed E-state index contributed by atoms with van der Waals surface area (Å²) in [4.78, 5) is 0. The van der Waals surface area contributed by atoms with Gasteiger partial charge in [0.1, 0.15) is 11.5 Å². The van der Waals surface area contributed by atoms with Crippen molar-refractivity contribution in [2.75, 3.05) is 14.2 Å². The van der Waals surface area contributed by atoms with Crippen LogP contribution in [-0.2, 0) is 10.1 Å². The van der Waals surface area contributed by atoms with Gasteiger partial charge in [0.25, 0.3) is 0 Å². The molecule has 29 heavy (non-hydrogen) atoms. The van der Waals surface area contributed by atoms with Crippen LogP contribution in [0.15, 0.2) is 54.6 Å². The van der Waals surface area contributed by atoms with Gasteiger partial charge in [-0.15, -0.1) is 5.10 Å². The monoisotopic (exact) mass is 428 g/mol. The molecule has 0 N–H and O–H groups in total. The van der Waals surface area contributed by atoms with Gasteiger partial charge in [-0.25, -0.2) is 4.68 Å². The molecular weight excluding hydrogens is 413 g/mol. The summed E-state index contributed by atoms with van der Waals surface area (Å²) in [5, 5.41) is 4.32. The molecule has 0 saturated carbocycles. The Labute approximate surface area is 164 Å². The van der Waals surface area contributed by atoms with Gasteiger partial charge < -0.3 is 13.7 Å². The number of hydrogen-bond acceptors (Lipinski definition) is 6. The van der Waals surface area contributed by atoms with Gasteiger partial charge in [0.2, 0.25) is 5.88 Å². The van der Waals surface area contributed by atoms with Gasteiger partial charge in [0.05, 0.1) is 25.6 Å². The summed E-state index contributed by atoms with van der Waals surface area (Å²) in [6.07, 6.45) is 0. The van der Waals surface area contributed by atoms with Crippen LogP contribution in [0.3, 0.4) is 0 Å². The Balaban J connectivity index is 1.95. The van der Waals surface area contributed by atoms with Crippen LogP contribution < -0.4 is 13.7 Å². The second kappa shape index (κ2) is 7.66.